The third kappa shape index (κ3) is 3.31. The van der Waals surface area contributed by atoms with Crippen molar-refractivity contribution in [2.75, 3.05) is 20.3 Å². The van der Waals surface area contributed by atoms with Crippen molar-refractivity contribution in [3.05, 3.63) is 33.8 Å². The van der Waals surface area contributed by atoms with Gasteiger partial charge in [0, 0.05) is 23.7 Å². The van der Waals surface area contributed by atoms with Crippen molar-refractivity contribution in [2.24, 2.45) is 0 Å². The van der Waals surface area contributed by atoms with Gasteiger partial charge < -0.3 is 14.8 Å². The molecule has 1 N–H and O–H groups in total. The number of hydrogen-bond donors (Lipinski definition) is 1. The Kier molecular flexibility index (Phi) is 4.74. The molecule has 0 aliphatic carbocycles. The Hall–Kier alpha value is -0.910. The molecule has 0 bridgehead atoms. The molecule has 4 nitrogen and oxygen atoms in total. The molecule has 1 atom stereocenters. The van der Waals surface area contributed by atoms with Crippen LogP contribution in [0.25, 0.3) is 0 Å². The van der Waals surface area contributed by atoms with Gasteiger partial charge in [-0.1, -0.05) is 22.0 Å². The van der Waals surface area contributed by atoms with Gasteiger partial charge in [-0.15, -0.1) is 0 Å². The van der Waals surface area contributed by atoms with E-state index in [1.54, 1.807) is 12.1 Å². The van der Waals surface area contributed by atoms with E-state index in [2.05, 4.69) is 26.0 Å². The molecule has 0 amide bonds. The minimum Gasteiger partial charge on any atom is -0.465 e. The van der Waals surface area contributed by atoms with Gasteiger partial charge in [-0.2, -0.15) is 0 Å². The maximum absolute atomic E-state index is 11.4. The lowest BCUT2D eigenvalue weighted by Gasteiger charge is -2.12. The van der Waals surface area contributed by atoms with Crippen LogP contribution in [0.3, 0.4) is 0 Å². The standard InChI is InChI=1S/C13H16BrNO3/c1-17-13(16)9-2-3-10(12(14)6-9)7-15-11-4-5-18-8-11/h2-3,6,11,15H,4-5,7-8H2,1H3. The van der Waals surface area contributed by atoms with E-state index in [4.69, 9.17) is 4.74 Å². The molecule has 1 unspecified atom stereocenters. The first kappa shape index (κ1) is 13.5. The minimum atomic E-state index is -0.320. The van der Waals surface area contributed by atoms with Gasteiger partial charge in [-0.25, -0.2) is 4.79 Å². The topological polar surface area (TPSA) is 47.6 Å². The number of halogens is 1. The Morgan fingerprint density at radius 1 is 1.61 bits per heavy atom. The molecule has 18 heavy (non-hydrogen) atoms. The highest BCUT2D eigenvalue weighted by Gasteiger charge is 2.15. The van der Waals surface area contributed by atoms with Crippen LogP contribution >= 0.6 is 15.9 Å². The van der Waals surface area contributed by atoms with E-state index in [0.717, 1.165) is 36.2 Å². The minimum absolute atomic E-state index is 0.320. The number of methoxy groups -OCH3 is 1. The van der Waals surface area contributed by atoms with Crippen LogP contribution < -0.4 is 5.32 Å². The zero-order chi connectivity index (χ0) is 13.0. The van der Waals surface area contributed by atoms with E-state index in [0.29, 0.717) is 11.6 Å². The number of ether oxygens (including phenoxy) is 2. The molecule has 1 saturated heterocycles. The summed E-state index contributed by atoms with van der Waals surface area (Å²) in [5, 5.41) is 3.43. The summed E-state index contributed by atoms with van der Waals surface area (Å²) in [6.07, 6.45) is 1.05. The molecule has 1 aliphatic heterocycles. The molecule has 1 heterocycles. The lowest BCUT2D eigenvalue weighted by Crippen LogP contribution is -2.28. The highest BCUT2D eigenvalue weighted by atomic mass is 79.9. The predicted octanol–water partition coefficient (Wildman–Crippen LogP) is 2.11. The second-order valence-electron chi connectivity index (χ2n) is 4.24. The second-order valence-corrected chi connectivity index (χ2v) is 5.09. The van der Waals surface area contributed by atoms with Gasteiger partial charge in [-0.05, 0) is 24.1 Å². The molecule has 2 rings (SSSR count). The Labute approximate surface area is 115 Å². The summed E-state index contributed by atoms with van der Waals surface area (Å²) >= 11 is 3.48. The third-order valence-corrected chi connectivity index (χ3v) is 3.72. The van der Waals surface area contributed by atoms with Crippen molar-refractivity contribution >= 4 is 21.9 Å². The van der Waals surface area contributed by atoms with E-state index in [1.807, 2.05) is 6.07 Å². The Morgan fingerprint density at radius 3 is 3.06 bits per heavy atom. The van der Waals surface area contributed by atoms with Crippen molar-refractivity contribution in [3.8, 4) is 0 Å². The molecule has 0 saturated carbocycles. The van der Waals surface area contributed by atoms with Gasteiger partial charge >= 0.3 is 5.97 Å². The largest absolute Gasteiger partial charge is 0.465 e. The molecule has 0 radical (unpaired) electrons. The fourth-order valence-electron chi connectivity index (χ4n) is 1.89. The number of carbonyl (C=O) groups is 1. The van der Waals surface area contributed by atoms with Crippen LogP contribution in [0.5, 0.6) is 0 Å². The number of esters is 1. The Morgan fingerprint density at radius 2 is 2.44 bits per heavy atom. The van der Waals surface area contributed by atoms with Crippen LogP contribution in [0.2, 0.25) is 0 Å². The molecular formula is C13H16BrNO3. The fraction of sp³-hybridized carbons (Fsp3) is 0.462. The van der Waals surface area contributed by atoms with E-state index in [1.165, 1.54) is 7.11 Å². The number of benzene rings is 1. The zero-order valence-corrected chi connectivity index (χ0v) is 11.8. The molecule has 1 aliphatic rings. The molecule has 0 aromatic heterocycles. The van der Waals surface area contributed by atoms with E-state index >= 15 is 0 Å². The van der Waals surface area contributed by atoms with Gasteiger partial charge in [0.1, 0.15) is 0 Å². The lowest BCUT2D eigenvalue weighted by molar-refractivity contribution is 0.0600. The Bertz CT molecular complexity index is 430. The number of carbonyl (C=O) groups excluding carboxylic acids is 1. The highest BCUT2D eigenvalue weighted by Crippen LogP contribution is 2.19. The number of nitrogens with one attached hydrogen (secondary N) is 1. The molecule has 5 heteroatoms. The molecule has 1 aromatic carbocycles. The molecule has 0 spiro atoms. The van der Waals surface area contributed by atoms with E-state index in [9.17, 15) is 4.79 Å². The summed E-state index contributed by atoms with van der Waals surface area (Å²) in [7, 11) is 1.38. The summed E-state index contributed by atoms with van der Waals surface area (Å²) in [5.74, 6) is -0.320. The quantitative estimate of drug-likeness (QED) is 0.865. The highest BCUT2D eigenvalue weighted by molar-refractivity contribution is 9.10. The summed E-state index contributed by atoms with van der Waals surface area (Å²) in [6, 6.07) is 5.92. The summed E-state index contributed by atoms with van der Waals surface area (Å²) in [5.41, 5.74) is 1.67. The van der Waals surface area contributed by atoms with Gasteiger partial charge in [0.2, 0.25) is 0 Å². The maximum atomic E-state index is 11.4. The molecule has 98 valence electrons. The first-order valence-electron chi connectivity index (χ1n) is 5.88. The van der Waals surface area contributed by atoms with Crippen LogP contribution in [0, 0.1) is 0 Å². The number of rotatable bonds is 4. The first-order valence-corrected chi connectivity index (χ1v) is 6.68. The van der Waals surface area contributed by atoms with Crippen molar-refractivity contribution in [1.82, 2.24) is 5.32 Å². The van der Waals surface area contributed by atoms with Crippen molar-refractivity contribution < 1.29 is 14.3 Å². The zero-order valence-electron chi connectivity index (χ0n) is 10.2. The first-order chi connectivity index (χ1) is 8.70. The van der Waals surface area contributed by atoms with Gasteiger partial charge in [0.05, 0.1) is 19.3 Å². The van der Waals surface area contributed by atoms with E-state index < -0.39 is 0 Å². The number of hydrogen-bond acceptors (Lipinski definition) is 4. The Balaban J connectivity index is 1.98. The third-order valence-electron chi connectivity index (χ3n) is 2.99. The normalized spacial score (nSPS) is 18.9. The second kappa shape index (κ2) is 6.31. The average molecular weight is 314 g/mol. The monoisotopic (exact) mass is 313 g/mol. The average Bonchev–Trinajstić information content (AvgIpc) is 2.89. The van der Waals surface area contributed by atoms with E-state index in [-0.39, 0.29) is 5.97 Å². The van der Waals surface area contributed by atoms with Gasteiger partial charge in [0.25, 0.3) is 0 Å². The van der Waals surface area contributed by atoms with Crippen molar-refractivity contribution in [2.45, 2.75) is 19.0 Å². The molecular weight excluding hydrogens is 298 g/mol. The summed E-state index contributed by atoms with van der Waals surface area (Å²) < 4.78 is 10.9. The predicted molar refractivity (Wildman–Crippen MR) is 71.5 cm³/mol. The van der Waals surface area contributed by atoms with Crippen LogP contribution in [-0.4, -0.2) is 32.3 Å². The molecule has 1 aromatic rings. The van der Waals surface area contributed by atoms with Crippen LogP contribution in [0.1, 0.15) is 22.3 Å². The maximum Gasteiger partial charge on any atom is 0.337 e. The SMILES string of the molecule is COC(=O)c1ccc(CNC2CCOC2)c(Br)c1. The smallest absolute Gasteiger partial charge is 0.337 e. The summed E-state index contributed by atoms with van der Waals surface area (Å²) in [6.45, 7) is 2.37. The van der Waals surface area contributed by atoms with Gasteiger partial charge in [-0.3, -0.25) is 0 Å². The molecule has 1 fully saturated rings. The van der Waals surface area contributed by atoms with Crippen molar-refractivity contribution in [1.29, 1.82) is 0 Å². The fourth-order valence-corrected chi connectivity index (χ4v) is 2.40. The van der Waals surface area contributed by atoms with Gasteiger partial charge in [0.15, 0.2) is 0 Å². The summed E-state index contributed by atoms with van der Waals surface area (Å²) in [4.78, 5) is 11.4. The van der Waals surface area contributed by atoms with Crippen LogP contribution in [-0.2, 0) is 16.0 Å². The lowest BCUT2D eigenvalue weighted by atomic mass is 10.1. The van der Waals surface area contributed by atoms with Crippen LogP contribution in [0.4, 0.5) is 0 Å². The van der Waals surface area contributed by atoms with Crippen LogP contribution in [0.15, 0.2) is 22.7 Å². The van der Waals surface area contributed by atoms with Crippen molar-refractivity contribution in [3.63, 3.8) is 0 Å².